The summed E-state index contributed by atoms with van der Waals surface area (Å²) in [7, 11) is 0. The molecule has 2 unspecified atom stereocenters. The summed E-state index contributed by atoms with van der Waals surface area (Å²) in [5.41, 5.74) is 0. The summed E-state index contributed by atoms with van der Waals surface area (Å²) in [5.74, 6) is 1.13. The zero-order valence-electron chi connectivity index (χ0n) is 21.1. The van der Waals surface area contributed by atoms with Crippen LogP contribution in [0.2, 0.25) is 8.87 Å². The number of hydrogen-bond acceptors (Lipinski definition) is 6. The van der Waals surface area contributed by atoms with Crippen molar-refractivity contribution in [1.29, 1.82) is 0 Å². The monoisotopic (exact) mass is 608 g/mol. The first-order valence-electron chi connectivity index (χ1n) is 13.7. The first kappa shape index (κ1) is 29.7. The summed E-state index contributed by atoms with van der Waals surface area (Å²) >= 11 is 5.13. The van der Waals surface area contributed by atoms with Gasteiger partial charge in [-0.25, -0.2) is 0 Å². The van der Waals surface area contributed by atoms with Gasteiger partial charge in [-0.1, -0.05) is 0 Å². The molecule has 2 saturated carbocycles. The summed E-state index contributed by atoms with van der Waals surface area (Å²) in [6.07, 6.45) is 15.5. The quantitative estimate of drug-likeness (QED) is 0.160. The van der Waals surface area contributed by atoms with Gasteiger partial charge in [0.25, 0.3) is 0 Å². The minimum atomic E-state index is -3.97. The fraction of sp³-hybridized carbons (Fsp3) is 0.923. The van der Waals surface area contributed by atoms with Crippen LogP contribution in [-0.2, 0) is 15.7 Å². The first-order valence-corrected chi connectivity index (χ1v) is 21.3. The van der Waals surface area contributed by atoms with Gasteiger partial charge in [-0.3, -0.25) is 0 Å². The Balaban J connectivity index is 2.21. The van der Waals surface area contributed by atoms with Crippen molar-refractivity contribution in [3.63, 3.8) is 0 Å². The third kappa shape index (κ3) is 9.44. The van der Waals surface area contributed by atoms with E-state index in [1.165, 1.54) is 38.5 Å². The summed E-state index contributed by atoms with van der Waals surface area (Å²) in [6.45, 7) is 4.30. The van der Waals surface area contributed by atoms with Gasteiger partial charge in [0.1, 0.15) is 0 Å². The fourth-order valence-corrected chi connectivity index (χ4v) is 16.6. The van der Waals surface area contributed by atoms with Gasteiger partial charge in [-0.2, -0.15) is 0 Å². The summed E-state index contributed by atoms with van der Waals surface area (Å²) in [6, 6.07) is 0. The van der Waals surface area contributed by atoms with E-state index in [0.29, 0.717) is 23.3 Å². The van der Waals surface area contributed by atoms with Crippen molar-refractivity contribution in [2.24, 2.45) is 23.7 Å². The molecule has 0 aromatic rings. The molecule has 0 saturated heterocycles. The number of hydrogen-bond donors (Lipinski definition) is 2. The van der Waals surface area contributed by atoms with Gasteiger partial charge in [-0.05, 0) is 0 Å². The third-order valence-electron chi connectivity index (χ3n) is 7.83. The number of carbonyl (C=O) groups is 2. The molecule has 0 radical (unpaired) electrons. The van der Waals surface area contributed by atoms with Crippen LogP contribution < -0.4 is 0 Å². The average molecular weight is 608 g/mol. The molecule has 2 aliphatic rings. The van der Waals surface area contributed by atoms with Crippen molar-refractivity contribution in [2.75, 3.05) is 11.5 Å². The van der Waals surface area contributed by atoms with E-state index in [2.05, 4.69) is 39.1 Å². The maximum atomic E-state index is 13.5. The van der Waals surface area contributed by atoms with Crippen LogP contribution in [-0.4, -0.2) is 42.6 Å². The molecule has 33 heavy (non-hydrogen) atoms. The van der Waals surface area contributed by atoms with Crippen LogP contribution in [0.4, 0.5) is 0 Å². The Kier molecular flexibility index (Phi) is 14.6. The zero-order chi connectivity index (χ0) is 24.1. The van der Waals surface area contributed by atoms with E-state index in [-0.39, 0.29) is 23.8 Å². The topological polar surface area (TPSA) is 52.6 Å². The second kappa shape index (κ2) is 16.2. The Labute approximate surface area is 218 Å². The molecular weight excluding hydrogens is 559 g/mol. The number of carbonyl (C=O) groups excluding carboxylic acids is 2. The standard InChI is InChI=1S/2C9H16O2S.2C4H9.Sn/c2*10-9(11)8(6-12)7-4-2-1-3-5-7;2*1-3-4-2;/h2*7-8,12H,1-6H2,(H,10,11);2*1,3-4H2,2H3;/q;;;;+2/p-2. The molecule has 0 spiro atoms. The normalized spacial score (nSPS) is 20.2. The van der Waals surface area contributed by atoms with Crippen LogP contribution in [0.3, 0.4) is 0 Å². The van der Waals surface area contributed by atoms with Gasteiger partial charge in [-0.15, -0.1) is 0 Å². The van der Waals surface area contributed by atoms with Crippen LogP contribution in [0.25, 0.3) is 0 Å². The van der Waals surface area contributed by atoms with Crippen LogP contribution in [0.5, 0.6) is 0 Å². The predicted octanol–water partition coefficient (Wildman–Crippen LogP) is 7.37. The van der Waals surface area contributed by atoms with Crippen molar-refractivity contribution >= 4 is 56.4 Å². The average Bonchev–Trinajstić information content (AvgIpc) is 2.83. The fourth-order valence-electron chi connectivity index (χ4n) is 5.67. The predicted molar refractivity (Wildman–Crippen MR) is 145 cm³/mol. The molecule has 0 heterocycles. The maximum absolute atomic E-state index is 13.5. The van der Waals surface area contributed by atoms with Gasteiger partial charge in [0.2, 0.25) is 0 Å². The molecule has 192 valence electrons. The molecule has 0 bridgehead atoms. The van der Waals surface area contributed by atoms with E-state index in [9.17, 15) is 9.59 Å². The van der Waals surface area contributed by atoms with Gasteiger partial charge in [0, 0.05) is 0 Å². The van der Waals surface area contributed by atoms with Crippen molar-refractivity contribution < 1.29 is 15.7 Å². The molecule has 0 N–H and O–H groups in total. The van der Waals surface area contributed by atoms with Crippen LogP contribution >= 0.6 is 25.3 Å². The van der Waals surface area contributed by atoms with E-state index >= 15 is 0 Å². The van der Waals surface area contributed by atoms with Gasteiger partial charge in [0.05, 0.1) is 0 Å². The minimum absolute atomic E-state index is 0.132. The van der Waals surface area contributed by atoms with E-state index in [0.717, 1.165) is 60.2 Å². The van der Waals surface area contributed by atoms with Crippen molar-refractivity contribution in [2.45, 2.75) is 113 Å². The molecule has 4 nitrogen and oxygen atoms in total. The molecule has 0 aliphatic heterocycles. The molecule has 2 rings (SSSR count). The molecule has 2 atom stereocenters. The Bertz CT molecular complexity index is 527. The van der Waals surface area contributed by atoms with Gasteiger partial charge in [0.15, 0.2) is 0 Å². The molecular formula is C26H48O4S2Sn. The number of rotatable bonds is 14. The Morgan fingerprint density at radius 2 is 1.09 bits per heavy atom. The van der Waals surface area contributed by atoms with E-state index < -0.39 is 19.2 Å². The SMILES string of the molecule is CCC[CH2][Sn]([CH2]CCC)([O]C(=O)C(CS)C1CCCCC1)[O]C(=O)C(CS)C1CCCCC1. The molecule has 2 fully saturated rings. The number of unbranched alkanes of at least 4 members (excludes halogenated alkanes) is 2. The van der Waals surface area contributed by atoms with Gasteiger partial charge < -0.3 is 0 Å². The summed E-state index contributed by atoms with van der Waals surface area (Å²) in [5, 5.41) is 0. The Morgan fingerprint density at radius 3 is 1.39 bits per heavy atom. The second-order valence-electron chi connectivity index (χ2n) is 10.3. The summed E-state index contributed by atoms with van der Waals surface area (Å²) < 4.78 is 14.5. The molecule has 0 amide bonds. The molecule has 2 aliphatic carbocycles. The molecule has 7 heteroatoms. The zero-order valence-corrected chi connectivity index (χ0v) is 25.7. The number of thiol groups is 2. The third-order valence-corrected chi connectivity index (χ3v) is 18.3. The first-order chi connectivity index (χ1) is 16.0. The van der Waals surface area contributed by atoms with Crippen molar-refractivity contribution in [1.82, 2.24) is 0 Å². The van der Waals surface area contributed by atoms with E-state index in [1.807, 2.05) is 0 Å². The van der Waals surface area contributed by atoms with E-state index in [4.69, 9.17) is 6.15 Å². The van der Waals surface area contributed by atoms with Crippen molar-refractivity contribution in [3.05, 3.63) is 0 Å². The van der Waals surface area contributed by atoms with E-state index in [1.54, 1.807) is 0 Å². The Morgan fingerprint density at radius 1 is 0.727 bits per heavy atom. The van der Waals surface area contributed by atoms with Crippen LogP contribution in [0.15, 0.2) is 0 Å². The summed E-state index contributed by atoms with van der Waals surface area (Å²) in [4.78, 5) is 27.0. The molecule has 0 aromatic heterocycles. The van der Waals surface area contributed by atoms with Gasteiger partial charge >= 0.3 is 220 Å². The second-order valence-corrected chi connectivity index (χ2v) is 20.3. The van der Waals surface area contributed by atoms with Crippen LogP contribution in [0.1, 0.15) is 104 Å². The Hall–Kier alpha value is 0.439. The van der Waals surface area contributed by atoms with Crippen molar-refractivity contribution in [3.8, 4) is 0 Å². The van der Waals surface area contributed by atoms with Crippen LogP contribution in [0, 0.1) is 23.7 Å². The molecule has 0 aromatic carbocycles.